The summed E-state index contributed by atoms with van der Waals surface area (Å²) in [6.45, 7) is 5.15. The van der Waals surface area contributed by atoms with Crippen molar-refractivity contribution in [3.05, 3.63) is 23.8 Å². The van der Waals surface area contributed by atoms with Gasteiger partial charge in [-0.05, 0) is 25.0 Å². The van der Waals surface area contributed by atoms with Gasteiger partial charge in [-0.2, -0.15) is 0 Å². The Balaban J connectivity index is 2.36. The maximum Gasteiger partial charge on any atom is 0.0558 e. The van der Waals surface area contributed by atoms with Gasteiger partial charge in [-0.3, -0.25) is 4.90 Å². The minimum absolute atomic E-state index is 0.255. The summed E-state index contributed by atoms with van der Waals surface area (Å²) in [6.07, 6.45) is 9.06. The molecule has 1 N–H and O–H groups in total. The summed E-state index contributed by atoms with van der Waals surface area (Å²) >= 11 is 0. The van der Waals surface area contributed by atoms with Crippen molar-refractivity contribution in [2.45, 2.75) is 19.8 Å². The second-order valence-electron chi connectivity index (χ2n) is 3.35. The molecule has 0 heterocycles. The molecule has 2 nitrogen and oxygen atoms in total. The quantitative estimate of drug-likeness (QED) is 0.696. The van der Waals surface area contributed by atoms with Crippen molar-refractivity contribution in [2.75, 3.05) is 26.2 Å². The van der Waals surface area contributed by atoms with Crippen LogP contribution in [-0.2, 0) is 0 Å². The molecule has 0 spiro atoms. The highest BCUT2D eigenvalue weighted by molar-refractivity contribution is 5.23. The molecule has 0 saturated carbocycles. The van der Waals surface area contributed by atoms with Crippen LogP contribution in [0.3, 0.4) is 0 Å². The zero-order chi connectivity index (χ0) is 9.52. The molecule has 0 unspecified atom stereocenters. The fraction of sp³-hybridized carbons (Fsp3) is 0.636. The molecule has 1 aliphatic carbocycles. The molecule has 0 amide bonds. The van der Waals surface area contributed by atoms with Gasteiger partial charge in [-0.25, -0.2) is 0 Å². The fourth-order valence-corrected chi connectivity index (χ4v) is 1.53. The SMILES string of the molecule is CCN(CCO)CC1=CCCC=C1. The number of hydrogen-bond donors (Lipinski definition) is 1. The molecule has 0 radical (unpaired) electrons. The Bertz CT molecular complexity index is 196. The predicted octanol–water partition coefficient (Wildman–Crippen LogP) is 1.58. The van der Waals surface area contributed by atoms with Crippen molar-refractivity contribution in [1.29, 1.82) is 0 Å². The van der Waals surface area contributed by atoms with Gasteiger partial charge in [-0.15, -0.1) is 0 Å². The third-order valence-corrected chi connectivity index (χ3v) is 2.34. The summed E-state index contributed by atoms with van der Waals surface area (Å²) in [5.74, 6) is 0. The van der Waals surface area contributed by atoms with Gasteiger partial charge in [0.1, 0.15) is 0 Å². The topological polar surface area (TPSA) is 23.5 Å². The van der Waals surface area contributed by atoms with Crippen LogP contribution in [0.2, 0.25) is 0 Å². The van der Waals surface area contributed by atoms with Crippen LogP contribution < -0.4 is 0 Å². The van der Waals surface area contributed by atoms with Crippen LogP contribution in [0.4, 0.5) is 0 Å². The van der Waals surface area contributed by atoms with Crippen molar-refractivity contribution < 1.29 is 5.11 Å². The molecule has 0 saturated heterocycles. The van der Waals surface area contributed by atoms with Crippen LogP contribution in [0.25, 0.3) is 0 Å². The van der Waals surface area contributed by atoms with Gasteiger partial charge in [0.25, 0.3) is 0 Å². The maximum absolute atomic E-state index is 8.82. The molecule has 74 valence electrons. The van der Waals surface area contributed by atoms with Crippen LogP contribution in [-0.4, -0.2) is 36.2 Å². The van der Waals surface area contributed by atoms with E-state index < -0.39 is 0 Å². The summed E-state index contributed by atoms with van der Waals surface area (Å²) in [5.41, 5.74) is 1.39. The molecule has 1 aliphatic rings. The smallest absolute Gasteiger partial charge is 0.0558 e. The highest BCUT2D eigenvalue weighted by Crippen LogP contribution is 2.10. The molecular formula is C11H19NO. The molecule has 13 heavy (non-hydrogen) atoms. The molecule has 0 aliphatic heterocycles. The Morgan fingerprint density at radius 2 is 2.31 bits per heavy atom. The Hall–Kier alpha value is -0.600. The van der Waals surface area contributed by atoms with Crippen LogP contribution in [0.1, 0.15) is 19.8 Å². The van der Waals surface area contributed by atoms with Crippen molar-refractivity contribution in [2.24, 2.45) is 0 Å². The van der Waals surface area contributed by atoms with E-state index in [0.29, 0.717) is 0 Å². The molecule has 0 aromatic heterocycles. The number of rotatable bonds is 5. The van der Waals surface area contributed by atoms with Gasteiger partial charge in [0.05, 0.1) is 6.61 Å². The monoisotopic (exact) mass is 181 g/mol. The standard InChI is InChI=1S/C11H19NO/c1-2-12(8-9-13)10-11-6-4-3-5-7-11/h4,6-7,13H,2-3,5,8-10H2,1H3. The van der Waals surface area contributed by atoms with Gasteiger partial charge in [-0.1, -0.05) is 25.2 Å². The van der Waals surface area contributed by atoms with Crippen molar-refractivity contribution in [1.82, 2.24) is 4.90 Å². The third kappa shape index (κ3) is 3.75. The number of aliphatic hydroxyl groups excluding tert-OH is 1. The Morgan fingerprint density at radius 1 is 1.46 bits per heavy atom. The molecule has 0 atom stereocenters. The highest BCUT2D eigenvalue weighted by Gasteiger charge is 2.04. The van der Waals surface area contributed by atoms with E-state index in [-0.39, 0.29) is 6.61 Å². The molecule has 1 rings (SSSR count). The first-order valence-electron chi connectivity index (χ1n) is 5.05. The van der Waals surface area contributed by atoms with E-state index in [2.05, 4.69) is 30.1 Å². The van der Waals surface area contributed by atoms with E-state index in [1.54, 1.807) is 0 Å². The fourth-order valence-electron chi connectivity index (χ4n) is 1.53. The second kappa shape index (κ2) is 5.95. The minimum Gasteiger partial charge on any atom is -0.395 e. The first kappa shape index (κ1) is 10.5. The lowest BCUT2D eigenvalue weighted by atomic mass is 10.1. The average Bonchev–Trinajstić information content (AvgIpc) is 2.19. The second-order valence-corrected chi connectivity index (χ2v) is 3.35. The molecule has 0 aromatic rings. The normalized spacial score (nSPS) is 16.4. The number of nitrogens with zero attached hydrogens (tertiary/aromatic N) is 1. The molecule has 0 aromatic carbocycles. The van der Waals surface area contributed by atoms with Gasteiger partial charge in [0.2, 0.25) is 0 Å². The van der Waals surface area contributed by atoms with Gasteiger partial charge in [0.15, 0.2) is 0 Å². The van der Waals surface area contributed by atoms with Gasteiger partial charge >= 0.3 is 0 Å². The lowest BCUT2D eigenvalue weighted by molar-refractivity contribution is 0.212. The predicted molar refractivity (Wildman–Crippen MR) is 55.7 cm³/mol. The Morgan fingerprint density at radius 3 is 2.85 bits per heavy atom. The zero-order valence-corrected chi connectivity index (χ0v) is 8.37. The first-order chi connectivity index (χ1) is 6.36. The van der Waals surface area contributed by atoms with Crippen LogP contribution in [0.15, 0.2) is 23.8 Å². The van der Waals surface area contributed by atoms with Crippen LogP contribution in [0.5, 0.6) is 0 Å². The number of hydrogen-bond acceptors (Lipinski definition) is 2. The number of likely N-dealkylation sites (N-methyl/N-ethyl adjacent to an activating group) is 1. The lowest BCUT2D eigenvalue weighted by Crippen LogP contribution is -2.28. The average molecular weight is 181 g/mol. The van der Waals surface area contributed by atoms with Crippen molar-refractivity contribution >= 4 is 0 Å². The van der Waals surface area contributed by atoms with E-state index in [9.17, 15) is 0 Å². The summed E-state index contributed by atoms with van der Waals surface area (Å²) in [4.78, 5) is 2.25. The molecular weight excluding hydrogens is 162 g/mol. The van der Waals surface area contributed by atoms with Gasteiger partial charge in [0, 0.05) is 13.1 Å². The third-order valence-electron chi connectivity index (χ3n) is 2.34. The van der Waals surface area contributed by atoms with E-state index in [4.69, 9.17) is 5.11 Å². The first-order valence-corrected chi connectivity index (χ1v) is 5.05. The number of aliphatic hydroxyl groups is 1. The van der Waals surface area contributed by atoms with Crippen molar-refractivity contribution in [3.8, 4) is 0 Å². The summed E-state index contributed by atoms with van der Waals surface area (Å²) in [6, 6.07) is 0. The van der Waals surface area contributed by atoms with Gasteiger partial charge < -0.3 is 5.11 Å². The largest absolute Gasteiger partial charge is 0.395 e. The molecule has 0 fully saturated rings. The Labute approximate surface area is 80.6 Å². The maximum atomic E-state index is 8.82. The lowest BCUT2D eigenvalue weighted by Gasteiger charge is -2.20. The molecule has 2 heteroatoms. The Kier molecular flexibility index (Phi) is 4.79. The summed E-state index contributed by atoms with van der Waals surface area (Å²) in [5, 5.41) is 8.82. The zero-order valence-electron chi connectivity index (χ0n) is 8.37. The van der Waals surface area contributed by atoms with E-state index in [0.717, 1.165) is 19.6 Å². The number of allylic oxidation sites excluding steroid dienone is 2. The van der Waals surface area contributed by atoms with E-state index in [1.807, 2.05) is 0 Å². The van der Waals surface area contributed by atoms with E-state index in [1.165, 1.54) is 18.4 Å². The van der Waals surface area contributed by atoms with Crippen molar-refractivity contribution in [3.63, 3.8) is 0 Å². The minimum atomic E-state index is 0.255. The summed E-state index contributed by atoms with van der Waals surface area (Å²) < 4.78 is 0. The van der Waals surface area contributed by atoms with Crippen LogP contribution in [0, 0.1) is 0 Å². The molecule has 0 bridgehead atoms. The summed E-state index contributed by atoms with van der Waals surface area (Å²) in [7, 11) is 0. The van der Waals surface area contributed by atoms with Crippen LogP contribution >= 0.6 is 0 Å². The highest BCUT2D eigenvalue weighted by atomic mass is 16.3. The van der Waals surface area contributed by atoms with E-state index >= 15 is 0 Å².